The lowest BCUT2D eigenvalue weighted by Gasteiger charge is -2.16. The Hall–Kier alpha value is -3.74. The number of nitrogens with one attached hydrogen (secondary N) is 2. The van der Waals surface area contributed by atoms with Crippen LogP contribution in [-0.4, -0.2) is 46.6 Å². The number of anilines is 2. The van der Waals surface area contributed by atoms with E-state index in [0.29, 0.717) is 18.7 Å². The van der Waals surface area contributed by atoms with E-state index in [1.54, 1.807) is 11.0 Å². The molecule has 2 aliphatic heterocycles. The Kier molecular flexibility index (Phi) is 3.72. The summed E-state index contributed by atoms with van der Waals surface area (Å²) in [5, 5.41) is 11.3. The number of rotatable bonds is 3. The number of fused-ring (bicyclic) bond motifs is 6. The summed E-state index contributed by atoms with van der Waals surface area (Å²) < 4.78 is 0. The molecule has 0 radical (unpaired) electrons. The molecule has 7 heteroatoms. The number of hydrogen-bond acceptors (Lipinski definition) is 3. The highest BCUT2D eigenvalue weighted by Crippen LogP contribution is 2.37. The zero-order valence-corrected chi connectivity index (χ0v) is 17.2. The summed E-state index contributed by atoms with van der Waals surface area (Å²) in [7, 11) is 0. The fourth-order valence-corrected chi connectivity index (χ4v) is 5.21. The Morgan fingerprint density at radius 2 is 1.52 bits per heavy atom. The summed E-state index contributed by atoms with van der Waals surface area (Å²) in [5.41, 5.74) is 6.99. The van der Waals surface area contributed by atoms with Crippen molar-refractivity contribution >= 4 is 45.1 Å². The fraction of sp³-hybridized carbons (Fsp3) is 0.250. The predicted molar refractivity (Wildman–Crippen MR) is 121 cm³/mol. The van der Waals surface area contributed by atoms with Crippen molar-refractivity contribution in [2.24, 2.45) is 0 Å². The van der Waals surface area contributed by atoms with Gasteiger partial charge in [0.1, 0.15) is 11.4 Å². The molecule has 7 nitrogen and oxygen atoms in total. The Morgan fingerprint density at radius 3 is 2.23 bits per heavy atom. The van der Waals surface area contributed by atoms with E-state index in [9.17, 15) is 14.7 Å². The van der Waals surface area contributed by atoms with Crippen LogP contribution in [0.15, 0.2) is 36.4 Å². The van der Waals surface area contributed by atoms with Crippen LogP contribution in [0.5, 0.6) is 0 Å². The van der Waals surface area contributed by atoms with E-state index in [4.69, 9.17) is 0 Å². The first-order valence-corrected chi connectivity index (χ1v) is 10.6. The second-order valence-corrected chi connectivity index (χ2v) is 8.26. The molecule has 2 aromatic carbocycles. The van der Waals surface area contributed by atoms with Crippen LogP contribution in [0.2, 0.25) is 0 Å². The van der Waals surface area contributed by atoms with Gasteiger partial charge in [0.05, 0.1) is 0 Å². The molecule has 3 N–H and O–H groups in total. The molecule has 156 valence electrons. The van der Waals surface area contributed by atoms with Crippen LogP contribution in [0, 0.1) is 0 Å². The number of carboxylic acids is 1. The van der Waals surface area contributed by atoms with Crippen LogP contribution in [0.3, 0.4) is 0 Å². The first kappa shape index (κ1) is 18.1. The Labute approximate surface area is 178 Å². The maximum Gasteiger partial charge on any atom is 0.352 e. The molecule has 0 saturated heterocycles. The monoisotopic (exact) mass is 414 g/mol. The van der Waals surface area contributed by atoms with Gasteiger partial charge in [-0.05, 0) is 67.3 Å². The lowest BCUT2D eigenvalue weighted by Crippen LogP contribution is -2.29. The lowest BCUT2D eigenvalue weighted by molar-refractivity contribution is 0.0691. The molecule has 2 aliphatic rings. The average molecular weight is 414 g/mol. The van der Waals surface area contributed by atoms with E-state index in [-0.39, 0.29) is 11.6 Å². The number of aromatic carboxylic acids is 1. The second-order valence-electron chi connectivity index (χ2n) is 8.26. The molecule has 6 rings (SSSR count). The molecular formula is C24H22N4O3. The smallest absolute Gasteiger partial charge is 0.352 e. The molecule has 2 aromatic heterocycles. The Bertz CT molecular complexity index is 1400. The van der Waals surface area contributed by atoms with E-state index in [2.05, 4.69) is 33.9 Å². The van der Waals surface area contributed by atoms with Crippen LogP contribution < -0.4 is 9.80 Å². The highest BCUT2D eigenvalue weighted by Gasteiger charge is 2.29. The summed E-state index contributed by atoms with van der Waals surface area (Å²) in [6.45, 7) is 4.75. The van der Waals surface area contributed by atoms with Gasteiger partial charge in [-0.3, -0.25) is 4.79 Å². The number of H-pyrrole nitrogens is 2. The molecule has 31 heavy (non-hydrogen) atoms. The number of carbonyl (C=O) groups excluding carboxylic acids is 1. The molecule has 0 fully saturated rings. The van der Waals surface area contributed by atoms with E-state index < -0.39 is 5.97 Å². The first-order chi connectivity index (χ1) is 15.0. The molecule has 0 unspecified atom stereocenters. The number of amides is 1. The van der Waals surface area contributed by atoms with Crippen molar-refractivity contribution in [2.75, 3.05) is 29.4 Å². The van der Waals surface area contributed by atoms with E-state index >= 15 is 0 Å². The van der Waals surface area contributed by atoms with Crippen LogP contribution in [-0.2, 0) is 12.8 Å². The fourth-order valence-electron chi connectivity index (χ4n) is 5.21. The number of aromatic nitrogens is 2. The van der Waals surface area contributed by atoms with Gasteiger partial charge in [0.2, 0.25) is 0 Å². The summed E-state index contributed by atoms with van der Waals surface area (Å²) in [4.78, 5) is 35.2. The van der Waals surface area contributed by atoms with Gasteiger partial charge in [-0.2, -0.15) is 0 Å². The zero-order valence-electron chi connectivity index (χ0n) is 17.2. The number of carbonyl (C=O) groups is 2. The van der Waals surface area contributed by atoms with Gasteiger partial charge in [-0.25, -0.2) is 4.79 Å². The van der Waals surface area contributed by atoms with Crippen molar-refractivity contribution in [3.63, 3.8) is 0 Å². The molecule has 0 spiro atoms. The molecule has 4 aromatic rings. The topological polar surface area (TPSA) is 92.4 Å². The summed E-state index contributed by atoms with van der Waals surface area (Å²) >= 11 is 0. The van der Waals surface area contributed by atoms with E-state index in [1.807, 2.05) is 18.2 Å². The number of benzene rings is 2. The molecule has 1 amide bonds. The summed E-state index contributed by atoms with van der Waals surface area (Å²) in [6, 6.07) is 11.6. The summed E-state index contributed by atoms with van der Waals surface area (Å²) in [6.07, 6.45) is 1.70. The number of likely N-dealkylation sites (N-methyl/N-ethyl adjacent to an activating group) is 1. The van der Waals surface area contributed by atoms with Crippen molar-refractivity contribution in [3.05, 3.63) is 58.9 Å². The quantitative estimate of drug-likeness (QED) is 0.474. The van der Waals surface area contributed by atoms with Crippen LogP contribution in [0.1, 0.15) is 39.0 Å². The summed E-state index contributed by atoms with van der Waals surface area (Å²) in [5.74, 6) is -1.04. The molecule has 0 bridgehead atoms. The largest absolute Gasteiger partial charge is 0.477 e. The Balaban J connectivity index is 1.39. The predicted octanol–water partition coefficient (Wildman–Crippen LogP) is 3.93. The van der Waals surface area contributed by atoms with Gasteiger partial charge in [0, 0.05) is 52.8 Å². The van der Waals surface area contributed by atoms with Gasteiger partial charge in [-0.15, -0.1) is 0 Å². The third kappa shape index (κ3) is 2.52. The minimum Gasteiger partial charge on any atom is -0.477 e. The minimum absolute atomic E-state index is 0.0533. The standard InChI is InChI=1S/C24H22N4O3/c1-2-27-9-7-13-15-11-19(25-17(15)3-5-21(13)27)23(29)28-10-8-14-16-12-20(24(30)31)26-18(16)4-6-22(14)28/h3-6,11-12,25-26H,2,7-10H2,1H3,(H,30,31). The number of hydrogen-bond donors (Lipinski definition) is 3. The zero-order chi connectivity index (χ0) is 21.3. The first-order valence-electron chi connectivity index (χ1n) is 10.6. The highest BCUT2D eigenvalue weighted by atomic mass is 16.4. The van der Waals surface area contributed by atoms with Crippen molar-refractivity contribution in [3.8, 4) is 0 Å². The lowest BCUT2D eigenvalue weighted by atomic mass is 10.1. The van der Waals surface area contributed by atoms with Gasteiger partial charge < -0.3 is 24.9 Å². The van der Waals surface area contributed by atoms with Gasteiger partial charge >= 0.3 is 5.97 Å². The third-order valence-corrected chi connectivity index (χ3v) is 6.72. The normalized spacial score (nSPS) is 15.1. The maximum atomic E-state index is 13.4. The molecule has 4 heterocycles. The number of nitrogens with zero attached hydrogens (tertiary/aromatic N) is 2. The number of aromatic amines is 2. The molecule has 0 saturated carbocycles. The Morgan fingerprint density at radius 1 is 0.903 bits per heavy atom. The second kappa shape index (κ2) is 6.38. The minimum atomic E-state index is -0.983. The van der Waals surface area contributed by atoms with Crippen molar-refractivity contribution in [1.82, 2.24) is 9.97 Å². The van der Waals surface area contributed by atoms with Crippen LogP contribution in [0.4, 0.5) is 11.4 Å². The van der Waals surface area contributed by atoms with Gasteiger partial charge in [0.25, 0.3) is 5.91 Å². The maximum absolute atomic E-state index is 13.4. The molecule has 0 atom stereocenters. The van der Waals surface area contributed by atoms with E-state index in [1.165, 1.54) is 11.3 Å². The van der Waals surface area contributed by atoms with Crippen molar-refractivity contribution in [1.29, 1.82) is 0 Å². The molecule has 0 aliphatic carbocycles. The van der Waals surface area contributed by atoms with Crippen molar-refractivity contribution in [2.45, 2.75) is 19.8 Å². The van der Waals surface area contributed by atoms with E-state index in [0.717, 1.165) is 52.6 Å². The van der Waals surface area contributed by atoms with Crippen LogP contribution in [0.25, 0.3) is 21.8 Å². The third-order valence-electron chi connectivity index (χ3n) is 6.72. The SMILES string of the molecule is CCN1CCc2c1ccc1[nH]c(C(=O)N3CCc4c3ccc3[nH]c(C(=O)O)cc43)cc21. The van der Waals surface area contributed by atoms with Crippen LogP contribution >= 0.6 is 0 Å². The van der Waals surface area contributed by atoms with Gasteiger partial charge in [0.15, 0.2) is 0 Å². The van der Waals surface area contributed by atoms with Crippen molar-refractivity contribution < 1.29 is 14.7 Å². The highest BCUT2D eigenvalue weighted by molar-refractivity contribution is 6.11. The number of carboxylic acid groups (broad SMARTS) is 1. The average Bonchev–Trinajstić information content (AvgIpc) is 3.54. The van der Waals surface area contributed by atoms with Gasteiger partial charge in [-0.1, -0.05) is 0 Å². The molecular weight excluding hydrogens is 392 g/mol.